The van der Waals surface area contributed by atoms with Gasteiger partial charge in [-0.15, -0.1) is 0 Å². The molecule has 9 nitrogen and oxygen atoms in total. The third-order valence-electron chi connectivity index (χ3n) is 7.12. The maximum absolute atomic E-state index is 12.6. The molecular weight excluding hydrogens is 523 g/mol. The highest BCUT2D eigenvalue weighted by Crippen LogP contribution is 2.29. The standard InChI is InChI=1S/C28H32F3N7O2/c1-3-26(39)36-11-9-22(10-12-36)38-16-20(15-34-38)19-7-8-25-24(13-19)33-18-37(25)23-6-4-5-21(14-23)35-27(40-2)32-17-28(29,30)31/h4-8,13-16,18,22,27,32,35H,3,9-12,17H2,1-2H3. The molecule has 212 valence electrons. The summed E-state index contributed by atoms with van der Waals surface area (Å²) in [5, 5.41) is 9.83. The number of anilines is 1. The zero-order valence-electron chi connectivity index (χ0n) is 22.4. The molecule has 1 fully saturated rings. The summed E-state index contributed by atoms with van der Waals surface area (Å²) in [5.41, 5.74) is 5.07. The number of fused-ring (bicyclic) bond motifs is 1. The summed E-state index contributed by atoms with van der Waals surface area (Å²) >= 11 is 0. The number of halogens is 3. The Hall–Kier alpha value is -3.90. The molecule has 1 saturated heterocycles. The maximum Gasteiger partial charge on any atom is 0.401 e. The van der Waals surface area contributed by atoms with Crippen molar-refractivity contribution in [2.45, 2.75) is 44.8 Å². The van der Waals surface area contributed by atoms with Crippen LogP contribution < -0.4 is 10.6 Å². The van der Waals surface area contributed by atoms with Gasteiger partial charge in [-0.2, -0.15) is 18.3 Å². The van der Waals surface area contributed by atoms with Gasteiger partial charge in [-0.25, -0.2) is 4.98 Å². The van der Waals surface area contributed by atoms with Gasteiger partial charge in [-0.1, -0.05) is 19.1 Å². The average Bonchev–Trinajstić information content (AvgIpc) is 3.62. The van der Waals surface area contributed by atoms with Crippen molar-refractivity contribution in [3.05, 3.63) is 61.2 Å². The number of rotatable bonds is 9. The number of likely N-dealkylation sites (tertiary alicyclic amines) is 1. The fourth-order valence-corrected chi connectivity index (χ4v) is 4.99. The number of carbonyl (C=O) groups is 1. The Balaban J connectivity index is 1.29. The topological polar surface area (TPSA) is 89.2 Å². The number of benzene rings is 2. The van der Waals surface area contributed by atoms with E-state index in [-0.39, 0.29) is 11.9 Å². The van der Waals surface area contributed by atoms with Gasteiger partial charge < -0.3 is 15.0 Å². The van der Waals surface area contributed by atoms with Gasteiger partial charge in [0.25, 0.3) is 0 Å². The van der Waals surface area contributed by atoms with Crippen LogP contribution in [-0.2, 0) is 9.53 Å². The van der Waals surface area contributed by atoms with E-state index in [0.29, 0.717) is 12.1 Å². The van der Waals surface area contributed by atoms with Crippen molar-refractivity contribution >= 4 is 22.6 Å². The molecule has 3 heterocycles. The number of nitrogens with zero attached hydrogens (tertiary/aromatic N) is 5. The van der Waals surface area contributed by atoms with Crippen LogP contribution in [0.3, 0.4) is 0 Å². The largest absolute Gasteiger partial charge is 0.401 e. The van der Waals surface area contributed by atoms with E-state index in [9.17, 15) is 18.0 Å². The number of methoxy groups -OCH3 is 1. The smallest absolute Gasteiger partial charge is 0.348 e. The fourth-order valence-electron chi connectivity index (χ4n) is 4.99. The number of carbonyl (C=O) groups excluding carboxylic acids is 1. The Morgan fingerprint density at radius 2 is 1.95 bits per heavy atom. The molecule has 4 aromatic rings. The number of imidazole rings is 1. The molecule has 2 aromatic carbocycles. The Kier molecular flexibility index (Phi) is 8.08. The molecule has 0 bridgehead atoms. The molecule has 0 saturated carbocycles. The molecule has 2 aromatic heterocycles. The molecule has 1 amide bonds. The number of aromatic nitrogens is 4. The van der Waals surface area contributed by atoms with Crippen LogP contribution in [0.25, 0.3) is 27.8 Å². The normalized spacial score (nSPS) is 15.5. The SMILES string of the molecule is CCC(=O)N1CCC(n2cc(-c3ccc4c(c3)ncn4-c3cccc(NC(NCC(F)(F)F)OC)c3)cn2)CC1. The van der Waals surface area contributed by atoms with E-state index >= 15 is 0 Å². The predicted molar refractivity (Wildman–Crippen MR) is 146 cm³/mol. The second-order valence-electron chi connectivity index (χ2n) is 9.80. The van der Waals surface area contributed by atoms with E-state index in [1.165, 1.54) is 7.11 Å². The lowest BCUT2D eigenvalue weighted by atomic mass is 10.0. The second kappa shape index (κ2) is 11.7. The first-order valence-corrected chi connectivity index (χ1v) is 13.2. The van der Waals surface area contributed by atoms with Gasteiger partial charge >= 0.3 is 6.18 Å². The van der Waals surface area contributed by atoms with Gasteiger partial charge in [-0.05, 0) is 48.7 Å². The summed E-state index contributed by atoms with van der Waals surface area (Å²) in [7, 11) is 1.33. The van der Waals surface area contributed by atoms with E-state index in [2.05, 4.69) is 20.7 Å². The van der Waals surface area contributed by atoms with Gasteiger partial charge in [-0.3, -0.25) is 19.4 Å². The number of amides is 1. The van der Waals surface area contributed by atoms with Crippen molar-refractivity contribution in [1.82, 2.24) is 29.5 Å². The van der Waals surface area contributed by atoms with E-state index in [4.69, 9.17) is 4.74 Å². The number of piperidine rings is 1. The second-order valence-corrected chi connectivity index (χ2v) is 9.80. The van der Waals surface area contributed by atoms with E-state index < -0.39 is 19.1 Å². The Morgan fingerprint density at radius 3 is 2.67 bits per heavy atom. The van der Waals surface area contributed by atoms with Crippen LogP contribution >= 0.6 is 0 Å². The van der Waals surface area contributed by atoms with Crippen molar-refractivity contribution in [1.29, 1.82) is 0 Å². The van der Waals surface area contributed by atoms with E-state index in [1.54, 1.807) is 12.4 Å². The molecule has 40 heavy (non-hydrogen) atoms. The van der Waals surface area contributed by atoms with Crippen molar-refractivity contribution in [2.75, 3.05) is 32.1 Å². The molecule has 12 heteroatoms. The van der Waals surface area contributed by atoms with Gasteiger partial charge in [0, 0.05) is 49.8 Å². The third-order valence-corrected chi connectivity index (χ3v) is 7.12. The first kappa shape index (κ1) is 27.7. The Bertz CT molecular complexity index is 1460. The molecule has 1 aliphatic rings. The van der Waals surface area contributed by atoms with Gasteiger partial charge in [0.15, 0.2) is 6.35 Å². The summed E-state index contributed by atoms with van der Waals surface area (Å²) in [5.74, 6) is 0.201. The molecule has 1 aliphatic heterocycles. The van der Waals surface area contributed by atoms with Crippen molar-refractivity contribution in [3.8, 4) is 16.8 Å². The minimum Gasteiger partial charge on any atom is -0.348 e. The minimum atomic E-state index is -4.35. The van der Waals surface area contributed by atoms with Crippen LogP contribution in [0, 0.1) is 0 Å². The number of nitrogens with one attached hydrogen (secondary N) is 2. The minimum absolute atomic E-state index is 0.201. The molecule has 0 spiro atoms. The summed E-state index contributed by atoms with van der Waals surface area (Å²) in [6.45, 7) is 2.22. The quantitative estimate of drug-likeness (QED) is 0.284. The fraction of sp³-hybridized carbons (Fsp3) is 0.393. The van der Waals surface area contributed by atoms with Crippen molar-refractivity contribution in [3.63, 3.8) is 0 Å². The first-order chi connectivity index (χ1) is 19.2. The predicted octanol–water partition coefficient (Wildman–Crippen LogP) is 4.96. The molecule has 1 unspecified atom stereocenters. The van der Waals surface area contributed by atoms with Gasteiger partial charge in [0.05, 0.1) is 29.8 Å². The molecule has 5 rings (SSSR count). The lowest BCUT2D eigenvalue weighted by Crippen LogP contribution is -2.42. The molecule has 2 N–H and O–H groups in total. The first-order valence-electron chi connectivity index (χ1n) is 13.2. The lowest BCUT2D eigenvalue weighted by molar-refractivity contribution is -0.132. The maximum atomic E-state index is 12.6. The van der Waals surface area contributed by atoms with Gasteiger partial charge in [0.2, 0.25) is 5.91 Å². The van der Waals surface area contributed by atoms with Crippen molar-refractivity contribution in [2.24, 2.45) is 0 Å². The van der Waals surface area contributed by atoms with Crippen LogP contribution in [0.2, 0.25) is 0 Å². The van der Waals surface area contributed by atoms with Gasteiger partial charge in [0.1, 0.15) is 6.33 Å². The highest BCUT2D eigenvalue weighted by atomic mass is 19.4. The number of alkyl halides is 3. The zero-order chi connectivity index (χ0) is 28.3. The van der Waals surface area contributed by atoms with E-state index in [0.717, 1.165) is 53.8 Å². The van der Waals surface area contributed by atoms with Crippen LogP contribution in [0.1, 0.15) is 32.2 Å². The molecule has 0 radical (unpaired) electrons. The molecule has 0 aliphatic carbocycles. The van der Waals surface area contributed by atoms with Crippen molar-refractivity contribution < 1.29 is 22.7 Å². The Morgan fingerprint density at radius 1 is 1.15 bits per heavy atom. The summed E-state index contributed by atoms with van der Waals surface area (Å²) in [6, 6.07) is 13.6. The average molecular weight is 556 g/mol. The van der Waals surface area contributed by atoms with E-state index in [1.807, 2.05) is 69.9 Å². The van der Waals surface area contributed by atoms with Crippen LogP contribution in [0.5, 0.6) is 0 Å². The van der Waals surface area contributed by atoms with Crippen LogP contribution in [-0.4, -0.2) is 69.4 Å². The third kappa shape index (κ3) is 6.28. The number of hydrogen-bond acceptors (Lipinski definition) is 6. The van der Waals surface area contributed by atoms with Crippen LogP contribution in [0.15, 0.2) is 61.2 Å². The van der Waals surface area contributed by atoms with Crippen LogP contribution in [0.4, 0.5) is 18.9 Å². The highest BCUT2D eigenvalue weighted by Gasteiger charge is 2.28. The molecule has 1 atom stereocenters. The summed E-state index contributed by atoms with van der Waals surface area (Å²) in [6.07, 6.45) is 2.57. The highest BCUT2D eigenvalue weighted by molar-refractivity contribution is 5.83. The molecular formula is C28H32F3N7O2. The zero-order valence-corrected chi connectivity index (χ0v) is 22.4. The number of ether oxygens (including phenoxy) is 1. The summed E-state index contributed by atoms with van der Waals surface area (Å²) in [4.78, 5) is 18.5. The number of hydrogen-bond donors (Lipinski definition) is 2. The Labute approximate surface area is 229 Å². The monoisotopic (exact) mass is 555 g/mol. The summed E-state index contributed by atoms with van der Waals surface area (Å²) < 4.78 is 46.8. The lowest BCUT2D eigenvalue weighted by Gasteiger charge is -2.32.